The van der Waals surface area contributed by atoms with Crippen molar-refractivity contribution in [3.8, 4) is 5.75 Å². The molecule has 7 heteroatoms. The molecule has 27 heavy (non-hydrogen) atoms. The van der Waals surface area contributed by atoms with Gasteiger partial charge in [0.2, 0.25) is 0 Å². The van der Waals surface area contributed by atoms with E-state index in [0.717, 1.165) is 83.6 Å². The summed E-state index contributed by atoms with van der Waals surface area (Å²) in [5.74, 6) is 1.34. The third-order valence-corrected chi connectivity index (χ3v) is 5.30. The monoisotopic (exact) mass is 375 g/mol. The van der Waals surface area contributed by atoms with Crippen molar-refractivity contribution in [2.24, 2.45) is 4.99 Å². The first kappa shape index (κ1) is 19.8. The normalized spacial score (nSPS) is 19.4. The minimum absolute atomic E-state index is 0.355. The van der Waals surface area contributed by atoms with Crippen LogP contribution >= 0.6 is 0 Å². The molecule has 3 rings (SSSR count). The summed E-state index contributed by atoms with van der Waals surface area (Å²) in [5.41, 5.74) is 0.920. The molecule has 150 valence electrons. The van der Waals surface area contributed by atoms with Gasteiger partial charge in [-0.05, 0) is 31.5 Å². The lowest BCUT2D eigenvalue weighted by Gasteiger charge is -2.37. The van der Waals surface area contributed by atoms with Crippen LogP contribution < -0.4 is 10.2 Å². The maximum Gasteiger partial charge on any atom is 0.193 e. The number of morpholine rings is 1. The number of phenols is 1. The van der Waals surface area contributed by atoms with E-state index in [-0.39, 0.29) is 0 Å². The third-order valence-electron chi connectivity index (χ3n) is 5.30. The first-order chi connectivity index (χ1) is 13.3. The van der Waals surface area contributed by atoms with E-state index in [9.17, 15) is 5.11 Å². The highest BCUT2D eigenvalue weighted by Gasteiger charge is 2.21. The van der Waals surface area contributed by atoms with E-state index >= 15 is 0 Å². The van der Waals surface area contributed by atoms with Crippen LogP contribution in [0.5, 0.6) is 5.75 Å². The highest BCUT2D eigenvalue weighted by atomic mass is 16.5. The molecule has 2 aliphatic heterocycles. The Morgan fingerprint density at radius 2 is 1.81 bits per heavy atom. The molecule has 0 spiro atoms. The molecule has 2 fully saturated rings. The van der Waals surface area contributed by atoms with Gasteiger partial charge in [-0.25, -0.2) is 0 Å². The van der Waals surface area contributed by atoms with Crippen molar-refractivity contribution in [2.45, 2.75) is 12.8 Å². The van der Waals surface area contributed by atoms with Crippen molar-refractivity contribution in [1.29, 1.82) is 0 Å². The fraction of sp³-hybridized carbons (Fsp3) is 0.650. The number of piperazine rings is 1. The molecule has 0 radical (unpaired) electrons. The van der Waals surface area contributed by atoms with Gasteiger partial charge in [0.15, 0.2) is 5.96 Å². The molecule has 0 amide bonds. The van der Waals surface area contributed by atoms with Gasteiger partial charge in [0, 0.05) is 52.9 Å². The molecule has 2 N–H and O–H groups in total. The van der Waals surface area contributed by atoms with Crippen LogP contribution in [0, 0.1) is 0 Å². The average molecular weight is 376 g/mol. The Labute approximate surface area is 162 Å². The van der Waals surface area contributed by atoms with Crippen LogP contribution in [0.25, 0.3) is 0 Å². The number of hydrogen-bond acceptors (Lipinski definition) is 5. The number of anilines is 1. The molecule has 2 aliphatic rings. The molecule has 1 aromatic carbocycles. The number of ether oxygens (including phenoxy) is 1. The molecular weight excluding hydrogens is 342 g/mol. The number of nitrogens with one attached hydrogen (secondary N) is 1. The van der Waals surface area contributed by atoms with Crippen LogP contribution in [0.15, 0.2) is 29.3 Å². The Balaban J connectivity index is 1.35. The van der Waals surface area contributed by atoms with Crippen molar-refractivity contribution in [3.63, 3.8) is 0 Å². The zero-order valence-corrected chi connectivity index (χ0v) is 16.4. The van der Waals surface area contributed by atoms with Crippen LogP contribution in [0.3, 0.4) is 0 Å². The summed E-state index contributed by atoms with van der Waals surface area (Å²) in [4.78, 5) is 11.5. The zero-order chi connectivity index (χ0) is 18.9. The van der Waals surface area contributed by atoms with Crippen molar-refractivity contribution >= 4 is 11.6 Å². The molecular formula is C20H33N5O2. The van der Waals surface area contributed by atoms with Gasteiger partial charge in [0.05, 0.1) is 18.9 Å². The van der Waals surface area contributed by atoms with Crippen molar-refractivity contribution in [3.05, 3.63) is 24.3 Å². The number of nitrogens with zero attached hydrogens (tertiary/aromatic N) is 4. The molecule has 0 bridgehead atoms. The number of aromatic hydroxyl groups is 1. The number of aliphatic imine (C=N–C) groups is 1. The van der Waals surface area contributed by atoms with Crippen LogP contribution in [0.4, 0.5) is 5.69 Å². The Hall–Kier alpha value is -1.99. The lowest BCUT2D eigenvalue weighted by molar-refractivity contribution is 0.0372. The fourth-order valence-corrected chi connectivity index (χ4v) is 3.71. The minimum atomic E-state index is 0.355. The largest absolute Gasteiger partial charge is 0.506 e. The molecule has 7 nitrogen and oxygen atoms in total. The quantitative estimate of drug-likeness (QED) is 0.443. The van der Waals surface area contributed by atoms with E-state index in [1.807, 2.05) is 25.2 Å². The second-order valence-corrected chi connectivity index (χ2v) is 7.10. The van der Waals surface area contributed by atoms with Gasteiger partial charge in [-0.15, -0.1) is 0 Å². The first-order valence-electron chi connectivity index (χ1n) is 10.1. The molecule has 2 saturated heterocycles. The number of hydrogen-bond donors (Lipinski definition) is 2. The maximum absolute atomic E-state index is 10.0. The lowest BCUT2D eigenvalue weighted by atomic mass is 10.2. The third kappa shape index (κ3) is 5.74. The fourth-order valence-electron chi connectivity index (χ4n) is 3.71. The molecule has 0 unspecified atom stereocenters. The van der Waals surface area contributed by atoms with Gasteiger partial charge in [0.1, 0.15) is 5.75 Å². The highest BCUT2D eigenvalue weighted by molar-refractivity contribution is 5.80. The van der Waals surface area contributed by atoms with Gasteiger partial charge in [-0.2, -0.15) is 0 Å². The summed E-state index contributed by atoms with van der Waals surface area (Å²) in [7, 11) is 1.85. The van der Waals surface area contributed by atoms with Crippen molar-refractivity contribution < 1.29 is 9.84 Å². The Morgan fingerprint density at radius 1 is 1.07 bits per heavy atom. The van der Waals surface area contributed by atoms with E-state index in [1.54, 1.807) is 6.07 Å². The number of unbranched alkanes of at least 4 members (excludes halogenated alkanes) is 1. The van der Waals surface area contributed by atoms with Gasteiger partial charge in [-0.3, -0.25) is 9.89 Å². The van der Waals surface area contributed by atoms with E-state index < -0.39 is 0 Å². The standard InChI is InChI=1S/C20H33N5O2/c1-21-20(22-8-4-5-9-23-14-16-27-17-15-23)25-12-10-24(11-13-25)18-6-2-3-7-19(18)26/h2-3,6-7,26H,4-5,8-17H2,1H3,(H,21,22). The molecule has 2 heterocycles. The predicted octanol–water partition coefficient (Wildman–Crippen LogP) is 1.20. The summed E-state index contributed by atoms with van der Waals surface area (Å²) >= 11 is 0. The van der Waals surface area contributed by atoms with E-state index in [1.165, 1.54) is 6.42 Å². The summed E-state index contributed by atoms with van der Waals surface area (Å²) < 4.78 is 5.39. The van der Waals surface area contributed by atoms with Crippen molar-refractivity contribution in [2.75, 3.05) is 77.5 Å². The second kappa shape index (κ2) is 10.4. The average Bonchev–Trinajstić information content (AvgIpc) is 2.72. The van der Waals surface area contributed by atoms with Gasteiger partial charge < -0.3 is 25.0 Å². The number of benzene rings is 1. The first-order valence-corrected chi connectivity index (χ1v) is 10.1. The number of para-hydroxylation sites is 2. The predicted molar refractivity (Wildman–Crippen MR) is 110 cm³/mol. The number of phenolic OH excluding ortho intramolecular Hbond substituents is 1. The SMILES string of the molecule is CN=C(NCCCCN1CCOCC1)N1CCN(c2ccccc2O)CC1. The highest BCUT2D eigenvalue weighted by Crippen LogP contribution is 2.27. The topological polar surface area (TPSA) is 63.6 Å². The van der Waals surface area contributed by atoms with E-state index in [2.05, 4.69) is 25.0 Å². The Bertz CT molecular complexity index is 596. The summed E-state index contributed by atoms with van der Waals surface area (Å²) in [6, 6.07) is 7.56. The van der Waals surface area contributed by atoms with Crippen LogP contribution in [-0.4, -0.2) is 93.5 Å². The second-order valence-electron chi connectivity index (χ2n) is 7.10. The summed E-state index contributed by atoms with van der Waals surface area (Å²) in [6.07, 6.45) is 2.35. The smallest absolute Gasteiger partial charge is 0.193 e. The molecule has 0 saturated carbocycles. The summed E-state index contributed by atoms with van der Waals surface area (Å²) in [6.45, 7) is 9.57. The molecule has 0 atom stereocenters. The maximum atomic E-state index is 10.0. The minimum Gasteiger partial charge on any atom is -0.506 e. The number of guanidine groups is 1. The van der Waals surface area contributed by atoms with E-state index in [4.69, 9.17) is 4.74 Å². The molecule has 1 aromatic rings. The van der Waals surface area contributed by atoms with Gasteiger partial charge >= 0.3 is 0 Å². The van der Waals surface area contributed by atoms with Crippen molar-refractivity contribution in [1.82, 2.24) is 15.1 Å². The van der Waals surface area contributed by atoms with Crippen LogP contribution in [0.1, 0.15) is 12.8 Å². The van der Waals surface area contributed by atoms with E-state index in [0.29, 0.717) is 5.75 Å². The molecule has 0 aromatic heterocycles. The Morgan fingerprint density at radius 3 is 2.52 bits per heavy atom. The zero-order valence-electron chi connectivity index (χ0n) is 16.4. The van der Waals surface area contributed by atoms with Gasteiger partial charge in [-0.1, -0.05) is 12.1 Å². The summed E-state index contributed by atoms with van der Waals surface area (Å²) in [5, 5.41) is 13.6. The van der Waals surface area contributed by atoms with Gasteiger partial charge in [0.25, 0.3) is 0 Å². The van der Waals surface area contributed by atoms with Crippen LogP contribution in [-0.2, 0) is 4.74 Å². The Kier molecular flexibility index (Phi) is 7.59. The lowest BCUT2D eigenvalue weighted by Crippen LogP contribution is -2.52. The molecule has 0 aliphatic carbocycles. The number of rotatable bonds is 6. The van der Waals surface area contributed by atoms with Crippen LogP contribution in [0.2, 0.25) is 0 Å².